The van der Waals surface area contributed by atoms with Gasteiger partial charge in [-0.2, -0.15) is 0 Å². The summed E-state index contributed by atoms with van der Waals surface area (Å²) in [6, 6.07) is 39.4. The molecule has 4 aromatic carbocycles. The van der Waals surface area contributed by atoms with Crippen molar-refractivity contribution in [3.63, 3.8) is 0 Å². The van der Waals surface area contributed by atoms with E-state index in [2.05, 4.69) is 178 Å². The second kappa shape index (κ2) is 13.7. The van der Waals surface area contributed by atoms with Gasteiger partial charge in [-0.1, -0.05) is 119 Å². The number of benzene rings is 4. The minimum absolute atomic E-state index is 0. The van der Waals surface area contributed by atoms with E-state index in [-0.39, 0.29) is 41.8 Å². The van der Waals surface area contributed by atoms with Crippen LogP contribution in [0.1, 0.15) is 104 Å². The van der Waals surface area contributed by atoms with Crippen molar-refractivity contribution < 1.29 is 20.1 Å². The average molecular weight is 835 g/mol. The topological polar surface area (TPSA) is 25.8 Å². The van der Waals surface area contributed by atoms with E-state index in [1.165, 1.54) is 49.7 Å². The number of hydrogen-bond donors (Lipinski definition) is 0. The van der Waals surface area contributed by atoms with Crippen LogP contribution in [0, 0.1) is 12.1 Å². The molecule has 0 saturated carbocycles. The molecule has 0 N–H and O–H groups in total. The quantitative estimate of drug-likeness (QED) is 0.162. The first-order valence-corrected chi connectivity index (χ1v) is 17.5. The van der Waals surface area contributed by atoms with Gasteiger partial charge in [0.1, 0.15) is 0 Å². The Morgan fingerprint density at radius 2 is 1.26 bits per heavy atom. The van der Waals surface area contributed by atoms with Crippen LogP contribution in [0.5, 0.6) is 0 Å². The molecule has 2 aromatic heterocycles. The summed E-state index contributed by atoms with van der Waals surface area (Å²) >= 11 is 0. The second-order valence-corrected chi connectivity index (χ2v) is 17.1. The van der Waals surface area contributed by atoms with Gasteiger partial charge >= 0.3 is 0 Å². The first kappa shape index (κ1) is 37.3. The first-order valence-electron chi connectivity index (χ1n) is 17.5. The van der Waals surface area contributed by atoms with Crippen LogP contribution in [0.15, 0.2) is 103 Å². The van der Waals surface area contributed by atoms with E-state index in [1.54, 1.807) is 0 Å². The molecule has 1 aliphatic rings. The summed E-state index contributed by atoms with van der Waals surface area (Å²) in [4.78, 5) is 9.35. The Labute approximate surface area is 314 Å². The van der Waals surface area contributed by atoms with Gasteiger partial charge in [0.25, 0.3) is 0 Å². The third-order valence-electron chi connectivity index (χ3n) is 9.95. The van der Waals surface area contributed by atoms with Crippen molar-refractivity contribution in [2.24, 2.45) is 0 Å². The standard InChI is InChI=1S/C28H26N.C19H24N.Ir/c1-27(2,3)20-13-10-19(11-14-20)26-25-22(16-17-29-26)24-21-9-7-6-8-18(21)12-15-23(24)28(25,4)5;1-18(2,3)15-9-7-8-14(12-15)17-13-16(10-11-20-17)19(4,5)6;/h6-10,12-17H,1-5H3;7,9-13H,1-6H3;/q2*-1;. The fraction of sp³-hybridized carbons (Fsp3) is 0.319. The van der Waals surface area contributed by atoms with E-state index in [0.717, 1.165) is 22.5 Å². The summed E-state index contributed by atoms with van der Waals surface area (Å²) in [5, 5.41) is 2.61. The SMILES string of the molecule is CC(C)(C)c1c[c-]c(-c2nccc3c2C(C)(C)c2ccc4ccccc4c2-3)cc1.CC(C)(C)c1cc[c-]c(-c2cc(C(C)(C)C)ccn2)c1.[Ir]. The summed E-state index contributed by atoms with van der Waals surface area (Å²) in [7, 11) is 0. The van der Waals surface area contributed by atoms with Crippen molar-refractivity contribution in [3.05, 3.63) is 143 Å². The zero-order valence-corrected chi connectivity index (χ0v) is 33.9. The number of rotatable bonds is 2. The molecule has 0 spiro atoms. The van der Waals surface area contributed by atoms with E-state index in [9.17, 15) is 0 Å². The third kappa shape index (κ3) is 7.27. The van der Waals surface area contributed by atoms with Gasteiger partial charge in [-0.15, -0.1) is 70.8 Å². The molecule has 0 atom stereocenters. The van der Waals surface area contributed by atoms with Gasteiger partial charge in [0.05, 0.1) is 0 Å². The molecule has 0 unspecified atom stereocenters. The molecule has 0 bridgehead atoms. The summed E-state index contributed by atoms with van der Waals surface area (Å²) in [6.45, 7) is 24.7. The molecule has 7 rings (SSSR count). The van der Waals surface area contributed by atoms with Gasteiger partial charge in [-0.05, 0) is 78.4 Å². The maximum Gasteiger partial charge on any atom is 0.0167 e. The van der Waals surface area contributed by atoms with E-state index >= 15 is 0 Å². The Balaban J connectivity index is 0.000000204. The Morgan fingerprint density at radius 1 is 0.600 bits per heavy atom. The monoisotopic (exact) mass is 835 g/mol. The third-order valence-corrected chi connectivity index (χ3v) is 9.95. The van der Waals surface area contributed by atoms with Crippen LogP contribution in [0.25, 0.3) is 44.4 Å². The van der Waals surface area contributed by atoms with Gasteiger partial charge in [-0.3, -0.25) is 0 Å². The second-order valence-electron chi connectivity index (χ2n) is 17.1. The first-order chi connectivity index (χ1) is 23.0. The van der Waals surface area contributed by atoms with E-state index < -0.39 is 0 Å². The normalized spacial score (nSPS) is 13.5. The van der Waals surface area contributed by atoms with Gasteiger partial charge in [-0.25, -0.2) is 0 Å². The molecule has 0 amide bonds. The molecule has 2 heterocycles. The number of fused-ring (bicyclic) bond motifs is 5. The smallest absolute Gasteiger partial charge is 0.0167 e. The van der Waals surface area contributed by atoms with Crippen molar-refractivity contribution in [3.8, 4) is 33.6 Å². The van der Waals surface area contributed by atoms with Gasteiger partial charge in [0, 0.05) is 37.9 Å². The van der Waals surface area contributed by atoms with Crippen molar-refractivity contribution in [1.82, 2.24) is 9.97 Å². The van der Waals surface area contributed by atoms with E-state index in [4.69, 9.17) is 4.98 Å². The van der Waals surface area contributed by atoms with Crippen molar-refractivity contribution >= 4 is 10.8 Å². The number of nitrogens with zero attached hydrogens (tertiary/aromatic N) is 2. The fourth-order valence-electron chi connectivity index (χ4n) is 6.89. The minimum atomic E-state index is -0.102. The molecule has 0 saturated heterocycles. The van der Waals surface area contributed by atoms with Crippen LogP contribution in [0.4, 0.5) is 0 Å². The average Bonchev–Trinajstić information content (AvgIpc) is 3.31. The Bertz CT molecular complexity index is 2080. The Kier molecular flexibility index (Phi) is 10.2. The van der Waals surface area contributed by atoms with Gasteiger partial charge in [0.2, 0.25) is 0 Å². The molecular formula is C47H50IrN2-2. The summed E-state index contributed by atoms with van der Waals surface area (Å²) in [5.41, 5.74) is 13.8. The zero-order chi connectivity index (χ0) is 35.4. The number of pyridine rings is 2. The van der Waals surface area contributed by atoms with Crippen molar-refractivity contribution in [2.75, 3.05) is 0 Å². The predicted octanol–water partition coefficient (Wildman–Crippen LogP) is 12.4. The molecule has 0 fully saturated rings. The van der Waals surface area contributed by atoms with Crippen LogP contribution >= 0.6 is 0 Å². The molecule has 0 aliphatic heterocycles. The fourth-order valence-corrected chi connectivity index (χ4v) is 6.89. The van der Waals surface area contributed by atoms with Gasteiger partial charge in [0.15, 0.2) is 0 Å². The summed E-state index contributed by atoms with van der Waals surface area (Å²) in [6.07, 6.45) is 3.85. The Morgan fingerprint density at radius 3 is 1.92 bits per heavy atom. The molecular weight excluding hydrogens is 785 g/mol. The molecule has 3 heteroatoms. The molecule has 6 aromatic rings. The van der Waals surface area contributed by atoms with Crippen LogP contribution in [0.3, 0.4) is 0 Å². The molecule has 259 valence electrons. The van der Waals surface area contributed by atoms with Crippen molar-refractivity contribution in [1.29, 1.82) is 0 Å². The number of hydrogen-bond acceptors (Lipinski definition) is 2. The zero-order valence-electron chi connectivity index (χ0n) is 31.5. The predicted molar refractivity (Wildman–Crippen MR) is 208 cm³/mol. The molecule has 1 aliphatic carbocycles. The van der Waals surface area contributed by atoms with Crippen LogP contribution in [0.2, 0.25) is 0 Å². The van der Waals surface area contributed by atoms with Crippen LogP contribution < -0.4 is 0 Å². The molecule has 2 nitrogen and oxygen atoms in total. The maximum atomic E-state index is 4.84. The number of aromatic nitrogens is 2. The maximum absolute atomic E-state index is 4.84. The van der Waals surface area contributed by atoms with Crippen LogP contribution in [-0.2, 0) is 41.8 Å². The largest absolute Gasteiger partial charge is 0.305 e. The minimum Gasteiger partial charge on any atom is -0.305 e. The summed E-state index contributed by atoms with van der Waals surface area (Å²) < 4.78 is 0. The van der Waals surface area contributed by atoms with Crippen molar-refractivity contribution in [2.45, 2.75) is 97.8 Å². The molecule has 1 radical (unpaired) electrons. The summed E-state index contributed by atoms with van der Waals surface area (Å²) in [5.74, 6) is 0. The van der Waals surface area contributed by atoms with E-state index in [1.807, 2.05) is 18.5 Å². The van der Waals surface area contributed by atoms with Gasteiger partial charge < -0.3 is 9.97 Å². The Hall–Kier alpha value is -3.91. The van der Waals surface area contributed by atoms with Crippen LogP contribution in [-0.4, -0.2) is 9.97 Å². The molecule has 50 heavy (non-hydrogen) atoms. The van der Waals surface area contributed by atoms with E-state index in [0.29, 0.717) is 0 Å².